The minimum atomic E-state index is -0.321. The minimum Gasteiger partial charge on any atom is -0.490 e. The number of carbonyl (C=O) groups is 2. The first-order valence-corrected chi connectivity index (χ1v) is 22.0. The second kappa shape index (κ2) is 21.1. The van der Waals surface area contributed by atoms with Crippen LogP contribution < -0.4 is 23.8 Å². The molecule has 6 rings (SSSR count). The number of ether oxygens (including phenoxy) is 4. The smallest absolute Gasteiger partial charge is 0.266 e. The van der Waals surface area contributed by atoms with Crippen LogP contribution in [0.15, 0.2) is 66.7 Å². The van der Waals surface area contributed by atoms with E-state index in [4.69, 9.17) is 18.9 Å². The Morgan fingerprint density at radius 3 is 0.982 bits per heavy atom. The summed E-state index contributed by atoms with van der Waals surface area (Å²) in [5.41, 5.74) is 1.35. The molecule has 1 aliphatic rings. The van der Waals surface area contributed by atoms with Crippen molar-refractivity contribution in [2.24, 2.45) is 0 Å². The summed E-state index contributed by atoms with van der Waals surface area (Å²) in [6.45, 7) is 11.2. The lowest BCUT2D eigenvalue weighted by Crippen LogP contribution is -2.29. The number of benzene rings is 5. The van der Waals surface area contributed by atoms with E-state index >= 15 is 0 Å². The van der Waals surface area contributed by atoms with Crippen LogP contribution in [0.3, 0.4) is 0 Å². The summed E-state index contributed by atoms with van der Waals surface area (Å²) in [6, 6.07) is 21.4. The van der Waals surface area contributed by atoms with E-state index in [0.29, 0.717) is 54.7 Å². The second-order valence-electron chi connectivity index (χ2n) is 15.6. The molecule has 7 heteroatoms. The standard InChI is InChI=1S/C50H63NO6/c1-5-9-13-20-26-54-45-32-39-37-30-43-44(50(53)51(49(43)52)36-24-18-17-19-25-36)31-38(37)40-33-46(55-27-21-14-10-6-2)48(57-29-23-16-12-8-4)35-42(40)41(39)34-47(45)56-28-22-15-11-7-3/h17-19,24-25,30-35H,5-16,20-23,26-29H2,1-4H3. The fourth-order valence-electron chi connectivity index (χ4n) is 7.85. The van der Waals surface area contributed by atoms with Gasteiger partial charge in [-0.25, -0.2) is 4.90 Å². The number of anilines is 1. The fourth-order valence-corrected chi connectivity index (χ4v) is 7.85. The van der Waals surface area contributed by atoms with Gasteiger partial charge in [-0.1, -0.05) is 123 Å². The van der Waals surface area contributed by atoms with E-state index in [9.17, 15) is 9.59 Å². The predicted molar refractivity (Wildman–Crippen MR) is 235 cm³/mol. The highest BCUT2D eigenvalue weighted by Crippen LogP contribution is 2.46. The van der Waals surface area contributed by atoms with E-state index in [-0.39, 0.29) is 11.8 Å². The van der Waals surface area contributed by atoms with Gasteiger partial charge in [-0.3, -0.25) is 9.59 Å². The first-order chi connectivity index (χ1) is 28.0. The van der Waals surface area contributed by atoms with Crippen molar-refractivity contribution in [1.82, 2.24) is 0 Å². The van der Waals surface area contributed by atoms with Crippen LogP contribution in [0.25, 0.3) is 32.3 Å². The van der Waals surface area contributed by atoms with Crippen LogP contribution in [0.5, 0.6) is 23.0 Å². The van der Waals surface area contributed by atoms with Crippen molar-refractivity contribution >= 4 is 49.8 Å². The number of hydrogen-bond acceptors (Lipinski definition) is 6. The van der Waals surface area contributed by atoms with Gasteiger partial charge in [-0.15, -0.1) is 0 Å². The summed E-state index contributed by atoms with van der Waals surface area (Å²) < 4.78 is 26.2. The number of para-hydroxylation sites is 1. The number of rotatable bonds is 25. The van der Waals surface area contributed by atoms with Crippen LogP contribution in [0.2, 0.25) is 0 Å². The lowest BCUT2D eigenvalue weighted by Gasteiger charge is -2.19. The summed E-state index contributed by atoms with van der Waals surface area (Å²) >= 11 is 0. The molecule has 5 aromatic rings. The quantitative estimate of drug-likeness (QED) is 0.0334. The number of carbonyl (C=O) groups excluding carboxylic acids is 2. The van der Waals surface area contributed by atoms with Crippen LogP contribution in [-0.4, -0.2) is 38.2 Å². The maximum Gasteiger partial charge on any atom is 0.266 e. The number of amides is 2. The number of imide groups is 1. The molecule has 1 aliphatic heterocycles. The van der Waals surface area contributed by atoms with E-state index in [0.717, 1.165) is 121 Å². The summed E-state index contributed by atoms with van der Waals surface area (Å²) in [6.07, 6.45) is 17.6. The van der Waals surface area contributed by atoms with Gasteiger partial charge in [0, 0.05) is 0 Å². The van der Waals surface area contributed by atoms with Gasteiger partial charge in [0.25, 0.3) is 11.8 Å². The summed E-state index contributed by atoms with van der Waals surface area (Å²) in [5, 5.41) is 5.56. The molecule has 0 saturated heterocycles. The Hall–Kier alpha value is -4.78. The van der Waals surface area contributed by atoms with E-state index in [1.54, 1.807) is 12.1 Å². The molecule has 5 aromatic carbocycles. The SMILES string of the molecule is CCCCCCOc1cc2c3cc(OCCCCCC)c(OCCCCCC)cc3c3cc4c(cc3c2cc1OCCCCCC)C(=O)N(c1ccccc1)C4=O. The summed E-state index contributed by atoms with van der Waals surface area (Å²) in [4.78, 5) is 29.4. The van der Waals surface area contributed by atoms with Gasteiger partial charge in [0.2, 0.25) is 0 Å². The Balaban J connectivity index is 1.54. The molecule has 0 radical (unpaired) electrons. The maximum atomic E-state index is 14.1. The lowest BCUT2D eigenvalue weighted by atomic mass is 9.91. The molecular formula is C50H63NO6. The summed E-state index contributed by atoms with van der Waals surface area (Å²) in [5.74, 6) is 2.19. The Kier molecular flexibility index (Phi) is 15.5. The molecule has 0 fully saturated rings. The van der Waals surface area contributed by atoms with Crippen LogP contribution in [0.4, 0.5) is 5.69 Å². The molecule has 0 atom stereocenters. The maximum absolute atomic E-state index is 14.1. The number of unbranched alkanes of at least 4 members (excludes halogenated alkanes) is 12. The number of nitrogens with zero attached hydrogens (tertiary/aromatic N) is 1. The van der Waals surface area contributed by atoms with Crippen molar-refractivity contribution in [2.45, 2.75) is 130 Å². The lowest BCUT2D eigenvalue weighted by molar-refractivity contribution is 0.0926. The molecular weight excluding hydrogens is 711 g/mol. The van der Waals surface area contributed by atoms with Gasteiger partial charge >= 0.3 is 0 Å². The van der Waals surface area contributed by atoms with Crippen molar-refractivity contribution in [3.05, 3.63) is 77.9 Å². The van der Waals surface area contributed by atoms with Crippen LogP contribution in [0, 0.1) is 0 Å². The highest BCUT2D eigenvalue weighted by atomic mass is 16.5. The van der Waals surface area contributed by atoms with E-state index in [1.165, 1.54) is 30.6 Å². The third kappa shape index (κ3) is 10.0. The van der Waals surface area contributed by atoms with Gasteiger partial charge in [0.15, 0.2) is 23.0 Å². The molecule has 0 saturated carbocycles. The monoisotopic (exact) mass is 773 g/mol. The average molecular weight is 774 g/mol. The van der Waals surface area contributed by atoms with Gasteiger partial charge in [0.05, 0.1) is 43.2 Å². The first kappa shape index (κ1) is 41.8. The Morgan fingerprint density at radius 1 is 0.386 bits per heavy atom. The van der Waals surface area contributed by atoms with Crippen LogP contribution >= 0.6 is 0 Å². The van der Waals surface area contributed by atoms with Crippen molar-refractivity contribution in [3.8, 4) is 23.0 Å². The largest absolute Gasteiger partial charge is 0.490 e. The fraction of sp³-hybridized carbons (Fsp3) is 0.480. The molecule has 0 aromatic heterocycles. The summed E-state index contributed by atoms with van der Waals surface area (Å²) in [7, 11) is 0. The second-order valence-corrected chi connectivity index (χ2v) is 15.6. The molecule has 0 bridgehead atoms. The number of hydrogen-bond donors (Lipinski definition) is 0. The molecule has 0 N–H and O–H groups in total. The van der Waals surface area contributed by atoms with Gasteiger partial charge in [0.1, 0.15) is 0 Å². The highest BCUT2D eigenvalue weighted by Gasteiger charge is 2.37. The van der Waals surface area contributed by atoms with Crippen molar-refractivity contribution < 1.29 is 28.5 Å². The Bertz CT molecular complexity index is 1980. The van der Waals surface area contributed by atoms with Crippen molar-refractivity contribution in [3.63, 3.8) is 0 Å². The van der Waals surface area contributed by atoms with Crippen molar-refractivity contribution in [1.29, 1.82) is 0 Å². The molecule has 0 aliphatic carbocycles. The van der Waals surface area contributed by atoms with Crippen LogP contribution in [-0.2, 0) is 0 Å². The zero-order chi connectivity index (χ0) is 40.0. The third-order valence-corrected chi connectivity index (χ3v) is 11.1. The minimum absolute atomic E-state index is 0.321. The zero-order valence-electron chi connectivity index (χ0n) is 34.9. The number of fused-ring (bicyclic) bond motifs is 7. The topological polar surface area (TPSA) is 74.3 Å². The molecule has 57 heavy (non-hydrogen) atoms. The van der Waals surface area contributed by atoms with E-state index in [1.807, 2.05) is 30.3 Å². The molecule has 1 heterocycles. The van der Waals surface area contributed by atoms with Crippen LogP contribution in [0.1, 0.15) is 151 Å². The van der Waals surface area contributed by atoms with E-state index in [2.05, 4.69) is 52.0 Å². The molecule has 0 unspecified atom stereocenters. The predicted octanol–water partition coefficient (Wildman–Crippen LogP) is 13.8. The Labute approximate surface area is 340 Å². The third-order valence-electron chi connectivity index (χ3n) is 11.1. The average Bonchev–Trinajstić information content (AvgIpc) is 3.47. The first-order valence-electron chi connectivity index (χ1n) is 22.0. The normalized spacial score (nSPS) is 12.6. The molecule has 2 amide bonds. The van der Waals surface area contributed by atoms with Gasteiger partial charge in [-0.2, -0.15) is 0 Å². The van der Waals surface area contributed by atoms with Gasteiger partial charge < -0.3 is 18.9 Å². The van der Waals surface area contributed by atoms with E-state index < -0.39 is 0 Å². The molecule has 7 nitrogen and oxygen atoms in total. The molecule has 0 spiro atoms. The van der Waals surface area contributed by atoms with Gasteiger partial charge in [-0.05, 0) is 107 Å². The van der Waals surface area contributed by atoms with Crippen molar-refractivity contribution in [2.75, 3.05) is 31.3 Å². The molecule has 304 valence electrons. The highest BCUT2D eigenvalue weighted by molar-refractivity contribution is 6.37. The zero-order valence-corrected chi connectivity index (χ0v) is 34.9. The Morgan fingerprint density at radius 2 is 0.684 bits per heavy atom.